The van der Waals surface area contributed by atoms with Gasteiger partial charge in [0.05, 0.1) is 6.54 Å². The minimum atomic E-state index is -0.949. The van der Waals surface area contributed by atoms with Gasteiger partial charge in [0, 0.05) is 16.8 Å². The van der Waals surface area contributed by atoms with Crippen molar-refractivity contribution in [2.45, 2.75) is 13.0 Å². The lowest BCUT2D eigenvalue weighted by Crippen LogP contribution is -2.17. The number of benzene rings is 1. The van der Waals surface area contributed by atoms with Gasteiger partial charge in [-0.1, -0.05) is 24.3 Å². The van der Waals surface area contributed by atoms with Crippen molar-refractivity contribution >= 4 is 28.3 Å². The Morgan fingerprint density at radius 2 is 2.10 bits per heavy atom. The number of para-hydroxylation sites is 1. The van der Waals surface area contributed by atoms with Gasteiger partial charge in [0.25, 0.3) is 0 Å². The number of nitrogens with one attached hydrogen (secondary N) is 1. The Bertz CT molecular complexity index is 746. The van der Waals surface area contributed by atoms with E-state index >= 15 is 0 Å². The molecule has 2 heterocycles. The molecule has 21 heavy (non-hydrogen) atoms. The second-order valence-electron chi connectivity index (χ2n) is 4.71. The zero-order valence-corrected chi connectivity index (χ0v) is 12.2. The number of fused-ring (bicyclic) bond motifs is 1. The van der Waals surface area contributed by atoms with Gasteiger partial charge in [-0.05, 0) is 23.9 Å². The van der Waals surface area contributed by atoms with Crippen LogP contribution >= 0.6 is 11.3 Å². The van der Waals surface area contributed by atoms with E-state index in [1.165, 1.54) is 4.88 Å². The average molecular weight is 301 g/mol. The third-order valence-corrected chi connectivity index (χ3v) is 4.23. The molecule has 0 fully saturated rings. The maximum atomic E-state index is 11.4. The molecule has 0 bridgehead atoms. The standard InChI is InChI=1S/C16H15NO3S/c18-16(19)15-12-5-1-2-6-13(12)20-14(15)10-17-8-7-11-4-3-9-21-11/h1-6,9,17H,7-8,10H2,(H,18,19). The van der Waals surface area contributed by atoms with Crippen LogP contribution in [-0.2, 0) is 13.0 Å². The van der Waals surface area contributed by atoms with Gasteiger partial charge in [-0.25, -0.2) is 4.79 Å². The molecule has 2 aromatic heterocycles. The molecular formula is C16H15NO3S. The summed E-state index contributed by atoms with van der Waals surface area (Å²) in [5, 5.41) is 15.3. The van der Waals surface area contributed by atoms with E-state index in [2.05, 4.69) is 16.8 Å². The fraction of sp³-hybridized carbons (Fsp3) is 0.188. The Labute approximate surface area is 126 Å². The molecule has 0 spiro atoms. The van der Waals surface area contributed by atoms with Gasteiger partial charge in [0.1, 0.15) is 16.9 Å². The fourth-order valence-corrected chi connectivity index (χ4v) is 3.03. The first-order chi connectivity index (χ1) is 10.3. The van der Waals surface area contributed by atoms with Crippen LogP contribution < -0.4 is 5.32 Å². The molecule has 0 aliphatic carbocycles. The molecule has 0 aliphatic rings. The Kier molecular flexibility index (Phi) is 4.03. The van der Waals surface area contributed by atoms with Crippen LogP contribution in [0.2, 0.25) is 0 Å². The molecule has 3 aromatic rings. The van der Waals surface area contributed by atoms with Gasteiger partial charge in [0.15, 0.2) is 0 Å². The zero-order valence-electron chi connectivity index (χ0n) is 11.3. The van der Waals surface area contributed by atoms with E-state index in [1.807, 2.05) is 18.2 Å². The van der Waals surface area contributed by atoms with Crippen LogP contribution in [0.4, 0.5) is 0 Å². The molecule has 0 aliphatic heterocycles. The topological polar surface area (TPSA) is 62.5 Å². The predicted octanol–water partition coefficient (Wildman–Crippen LogP) is 3.52. The van der Waals surface area contributed by atoms with Crippen LogP contribution in [0, 0.1) is 0 Å². The maximum Gasteiger partial charge on any atom is 0.339 e. The number of rotatable bonds is 6. The van der Waals surface area contributed by atoms with E-state index in [-0.39, 0.29) is 5.56 Å². The third kappa shape index (κ3) is 2.99. The van der Waals surface area contributed by atoms with Gasteiger partial charge < -0.3 is 14.8 Å². The van der Waals surface area contributed by atoms with E-state index in [4.69, 9.17) is 4.42 Å². The predicted molar refractivity (Wildman–Crippen MR) is 82.9 cm³/mol. The lowest BCUT2D eigenvalue weighted by atomic mass is 10.1. The molecule has 0 saturated heterocycles. The summed E-state index contributed by atoms with van der Waals surface area (Å²) in [7, 11) is 0. The van der Waals surface area contributed by atoms with E-state index in [1.54, 1.807) is 23.5 Å². The Morgan fingerprint density at radius 1 is 1.24 bits per heavy atom. The summed E-state index contributed by atoms with van der Waals surface area (Å²) in [6.45, 7) is 1.21. The van der Waals surface area contributed by atoms with Crippen molar-refractivity contribution in [2.75, 3.05) is 6.54 Å². The molecule has 0 saturated carbocycles. The number of carboxylic acids is 1. The molecule has 4 nitrogen and oxygen atoms in total. The summed E-state index contributed by atoms with van der Waals surface area (Å²) in [5.74, 6) is -0.468. The van der Waals surface area contributed by atoms with Crippen molar-refractivity contribution in [1.29, 1.82) is 0 Å². The third-order valence-electron chi connectivity index (χ3n) is 3.30. The Morgan fingerprint density at radius 3 is 2.86 bits per heavy atom. The second kappa shape index (κ2) is 6.11. The largest absolute Gasteiger partial charge is 0.478 e. The highest BCUT2D eigenvalue weighted by Gasteiger charge is 2.19. The molecule has 3 rings (SSSR count). The lowest BCUT2D eigenvalue weighted by Gasteiger charge is -2.02. The molecule has 0 atom stereocenters. The highest BCUT2D eigenvalue weighted by Crippen LogP contribution is 2.25. The minimum Gasteiger partial charge on any atom is -0.478 e. The molecular weight excluding hydrogens is 286 g/mol. The van der Waals surface area contributed by atoms with Crippen LogP contribution in [-0.4, -0.2) is 17.6 Å². The van der Waals surface area contributed by atoms with Crippen molar-refractivity contribution in [3.63, 3.8) is 0 Å². The highest BCUT2D eigenvalue weighted by atomic mass is 32.1. The van der Waals surface area contributed by atoms with Crippen LogP contribution in [0.15, 0.2) is 46.2 Å². The summed E-state index contributed by atoms with van der Waals surface area (Å²) in [6, 6.07) is 11.3. The van der Waals surface area contributed by atoms with Crippen molar-refractivity contribution in [3.05, 3.63) is 58.0 Å². The maximum absolute atomic E-state index is 11.4. The second-order valence-corrected chi connectivity index (χ2v) is 5.74. The fourth-order valence-electron chi connectivity index (χ4n) is 2.32. The summed E-state index contributed by atoms with van der Waals surface area (Å²) >= 11 is 1.72. The smallest absolute Gasteiger partial charge is 0.339 e. The number of aromatic carboxylic acids is 1. The molecule has 2 N–H and O–H groups in total. The quantitative estimate of drug-likeness (QED) is 0.684. The van der Waals surface area contributed by atoms with Crippen molar-refractivity contribution in [1.82, 2.24) is 5.32 Å². The zero-order chi connectivity index (χ0) is 14.7. The summed E-state index contributed by atoms with van der Waals surface area (Å²) in [5.41, 5.74) is 0.874. The number of hydrogen-bond acceptors (Lipinski definition) is 4. The van der Waals surface area contributed by atoms with Crippen LogP contribution in [0.1, 0.15) is 21.0 Å². The van der Waals surface area contributed by atoms with Gasteiger partial charge >= 0.3 is 5.97 Å². The molecule has 0 amide bonds. The van der Waals surface area contributed by atoms with Crippen LogP contribution in [0.3, 0.4) is 0 Å². The Hall–Kier alpha value is -2.11. The normalized spacial score (nSPS) is 11.0. The number of furan rings is 1. The summed E-state index contributed by atoms with van der Waals surface area (Å²) < 4.78 is 5.66. The van der Waals surface area contributed by atoms with E-state index in [9.17, 15) is 9.90 Å². The lowest BCUT2D eigenvalue weighted by molar-refractivity contribution is 0.0696. The summed E-state index contributed by atoms with van der Waals surface area (Å²) in [6.07, 6.45) is 0.931. The monoisotopic (exact) mass is 301 g/mol. The van der Waals surface area contributed by atoms with Crippen molar-refractivity contribution in [2.24, 2.45) is 0 Å². The molecule has 5 heteroatoms. The molecule has 108 valence electrons. The van der Waals surface area contributed by atoms with Gasteiger partial charge in [-0.3, -0.25) is 0 Å². The number of thiophene rings is 1. The number of carboxylic acid groups (broad SMARTS) is 1. The van der Waals surface area contributed by atoms with E-state index in [0.717, 1.165) is 13.0 Å². The van der Waals surface area contributed by atoms with E-state index < -0.39 is 5.97 Å². The Balaban J connectivity index is 1.71. The van der Waals surface area contributed by atoms with Gasteiger partial charge in [-0.15, -0.1) is 11.3 Å². The minimum absolute atomic E-state index is 0.259. The highest BCUT2D eigenvalue weighted by molar-refractivity contribution is 7.09. The van der Waals surface area contributed by atoms with Crippen molar-refractivity contribution < 1.29 is 14.3 Å². The van der Waals surface area contributed by atoms with Crippen LogP contribution in [0.5, 0.6) is 0 Å². The van der Waals surface area contributed by atoms with Crippen LogP contribution in [0.25, 0.3) is 11.0 Å². The van der Waals surface area contributed by atoms with Gasteiger partial charge in [0.2, 0.25) is 0 Å². The molecule has 1 aromatic carbocycles. The number of hydrogen-bond donors (Lipinski definition) is 2. The van der Waals surface area contributed by atoms with Crippen molar-refractivity contribution in [3.8, 4) is 0 Å². The van der Waals surface area contributed by atoms with Gasteiger partial charge in [-0.2, -0.15) is 0 Å². The first-order valence-electron chi connectivity index (χ1n) is 6.72. The molecule has 0 radical (unpaired) electrons. The molecule has 0 unspecified atom stereocenters. The van der Waals surface area contributed by atoms with E-state index in [0.29, 0.717) is 23.3 Å². The number of carbonyl (C=O) groups is 1. The average Bonchev–Trinajstić information content (AvgIpc) is 3.10. The summed E-state index contributed by atoms with van der Waals surface area (Å²) in [4.78, 5) is 12.7. The first kappa shape index (κ1) is 13.9. The first-order valence-corrected chi connectivity index (χ1v) is 7.60. The SMILES string of the molecule is O=C(O)c1c(CNCCc2cccs2)oc2ccccc12.